The summed E-state index contributed by atoms with van der Waals surface area (Å²) in [7, 11) is 0. The van der Waals surface area contributed by atoms with Crippen LogP contribution in [0.5, 0.6) is 0 Å². The molecule has 0 aromatic carbocycles. The lowest BCUT2D eigenvalue weighted by Gasteiger charge is -2.02. The predicted molar refractivity (Wildman–Crippen MR) is 72.8 cm³/mol. The number of aromatic amines is 1. The van der Waals surface area contributed by atoms with E-state index in [0.29, 0.717) is 18.8 Å². The van der Waals surface area contributed by atoms with Crippen LogP contribution in [0.4, 0.5) is 5.82 Å². The monoisotopic (exact) mass is 261 g/mol. The van der Waals surface area contributed by atoms with Gasteiger partial charge in [0, 0.05) is 30.9 Å². The first-order valence-corrected chi connectivity index (χ1v) is 6.50. The molecule has 0 spiro atoms. The van der Waals surface area contributed by atoms with Gasteiger partial charge in [0.15, 0.2) is 5.82 Å². The van der Waals surface area contributed by atoms with E-state index < -0.39 is 0 Å². The normalized spacial score (nSPS) is 10.6. The molecule has 6 nitrogen and oxygen atoms in total. The molecule has 2 N–H and O–H groups in total. The third kappa shape index (κ3) is 3.94. The van der Waals surface area contributed by atoms with Crippen LogP contribution in [0.15, 0.2) is 18.5 Å². The maximum atomic E-state index is 11.8. The van der Waals surface area contributed by atoms with Crippen molar-refractivity contribution < 1.29 is 4.79 Å². The maximum Gasteiger partial charge on any atom is 0.227 e. The van der Waals surface area contributed by atoms with E-state index in [9.17, 15) is 4.79 Å². The first-order chi connectivity index (χ1) is 9.17. The van der Waals surface area contributed by atoms with Gasteiger partial charge in [-0.15, -0.1) is 0 Å². The van der Waals surface area contributed by atoms with Crippen molar-refractivity contribution in [2.24, 2.45) is 0 Å². The van der Waals surface area contributed by atoms with Crippen LogP contribution in [0.2, 0.25) is 0 Å². The van der Waals surface area contributed by atoms with Crippen LogP contribution < -0.4 is 5.32 Å². The van der Waals surface area contributed by atoms with Gasteiger partial charge in [-0.25, -0.2) is 0 Å². The molecule has 0 unspecified atom stereocenters. The van der Waals surface area contributed by atoms with E-state index in [2.05, 4.69) is 27.5 Å². The molecule has 0 bridgehead atoms. The summed E-state index contributed by atoms with van der Waals surface area (Å²) < 4.78 is 1.77. The van der Waals surface area contributed by atoms with Crippen LogP contribution in [0.3, 0.4) is 0 Å². The number of anilines is 1. The van der Waals surface area contributed by atoms with Gasteiger partial charge in [-0.05, 0) is 18.9 Å². The molecule has 0 radical (unpaired) electrons. The molecule has 1 amide bonds. The van der Waals surface area contributed by atoms with Gasteiger partial charge in [-0.2, -0.15) is 10.2 Å². The van der Waals surface area contributed by atoms with Gasteiger partial charge in [0.25, 0.3) is 0 Å². The highest BCUT2D eigenvalue weighted by Gasteiger charge is 2.06. The van der Waals surface area contributed by atoms with E-state index in [1.165, 1.54) is 0 Å². The molecule has 0 aliphatic carbocycles. The molecule has 0 saturated heterocycles. The minimum absolute atomic E-state index is 0.0531. The van der Waals surface area contributed by atoms with Gasteiger partial charge in [0.05, 0.1) is 6.20 Å². The Bertz CT molecular complexity index is 543. The van der Waals surface area contributed by atoms with Crippen molar-refractivity contribution in [2.75, 3.05) is 5.32 Å². The molecule has 2 aromatic heterocycles. The van der Waals surface area contributed by atoms with Crippen LogP contribution in [-0.2, 0) is 17.8 Å². The first kappa shape index (κ1) is 13.3. The van der Waals surface area contributed by atoms with Crippen LogP contribution in [-0.4, -0.2) is 25.9 Å². The average Bonchev–Trinajstić information content (AvgIpc) is 2.97. The van der Waals surface area contributed by atoms with Crippen LogP contribution in [0.1, 0.15) is 31.0 Å². The SMILES string of the molecule is CCCc1cc(NC(=O)CCn2cc(C)cn2)n[nH]1. The van der Waals surface area contributed by atoms with Gasteiger partial charge in [-0.1, -0.05) is 13.3 Å². The van der Waals surface area contributed by atoms with E-state index in [1.54, 1.807) is 10.9 Å². The number of aromatic nitrogens is 4. The van der Waals surface area contributed by atoms with Crippen molar-refractivity contribution in [3.63, 3.8) is 0 Å². The highest BCUT2D eigenvalue weighted by molar-refractivity contribution is 5.89. The summed E-state index contributed by atoms with van der Waals surface area (Å²) in [6, 6.07) is 1.87. The highest BCUT2D eigenvalue weighted by atomic mass is 16.1. The molecule has 0 atom stereocenters. The Kier molecular flexibility index (Phi) is 4.33. The number of amides is 1. The average molecular weight is 261 g/mol. The van der Waals surface area contributed by atoms with Crippen molar-refractivity contribution in [2.45, 2.75) is 39.7 Å². The van der Waals surface area contributed by atoms with Gasteiger partial charge >= 0.3 is 0 Å². The fourth-order valence-electron chi connectivity index (χ4n) is 1.83. The highest BCUT2D eigenvalue weighted by Crippen LogP contribution is 2.07. The molecule has 0 aliphatic heterocycles. The van der Waals surface area contributed by atoms with E-state index in [4.69, 9.17) is 0 Å². The second kappa shape index (κ2) is 6.17. The van der Waals surface area contributed by atoms with E-state index in [-0.39, 0.29) is 5.91 Å². The Morgan fingerprint density at radius 2 is 2.37 bits per heavy atom. The number of nitrogens with zero attached hydrogens (tertiary/aromatic N) is 3. The zero-order valence-electron chi connectivity index (χ0n) is 11.3. The summed E-state index contributed by atoms with van der Waals surface area (Å²) in [5.74, 6) is 0.535. The van der Waals surface area contributed by atoms with Crippen molar-refractivity contribution in [1.29, 1.82) is 0 Å². The molecule has 0 saturated carbocycles. The quantitative estimate of drug-likeness (QED) is 0.833. The lowest BCUT2D eigenvalue weighted by Crippen LogP contribution is -2.14. The van der Waals surface area contributed by atoms with Crippen molar-refractivity contribution in [1.82, 2.24) is 20.0 Å². The Morgan fingerprint density at radius 1 is 1.53 bits per heavy atom. The summed E-state index contributed by atoms with van der Waals surface area (Å²) in [5, 5.41) is 13.9. The standard InChI is InChI=1S/C13H19N5O/c1-3-4-11-7-12(17-16-11)15-13(19)5-6-18-9-10(2)8-14-18/h7-9H,3-6H2,1-2H3,(H2,15,16,17,19). The number of nitrogens with one attached hydrogen (secondary N) is 2. The Labute approximate surface area is 112 Å². The lowest BCUT2D eigenvalue weighted by molar-refractivity contribution is -0.116. The van der Waals surface area contributed by atoms with Gasteiger partial charge in [-0.3, -0.25) is 14.6 Å². The molecule has 0 fully saturated rings. The summed E-state index contributed by atoms with van der Waals surface area (Å²) in [6.07, 6.45) is 6.07. The number of carbonyl (C=O) groups excluding carboxylic acids is 1. The van der Waals surface area contributed by atoms with Gasteiger partial charge in [0.2, 0.25) is 5.91 Å². The fourth-order valence-corrected chi connectivity index (χ4v) is 1.83. The molecule has 2 heterocycles. The lowest BCUT2D eigenvalue weighted by atomic mass is 10.2. The summed E-state index contributed by atoms with van der Waals surface area (Å²) in [4.78, 5) is 11.8. The van der Waals surface area contributed by atoms with Crippen molar-refractivity contribution >= 4 is 11.7 Å². The topological polar surface area (TPSA) is 75.6 Å². The second-order valence-corrected chi connectivity index (χ2v) is 4.61. The van der Waals surface area contributed by atoms with Gasteiger partial charge < -0.3 is 5.32 Å². The van der Waals surface area contributed by atoms with Crippen LogP contribution in [0, 0.1) is 6.92 Å². The molecular formula is C13H19N5O. The smallest absolute Gasteiger partial charge is 0.227 e. The number of hydrogen-bond acceptors (Lipinski definition) is 3. The zero-order valence-corrected chi connectivity index (χ0v) is 11.3. The summed E-state index contributed by atoms with van der Waals surface area (Å²) >= 11 is 0. The Hall–Kier alpha value is -2.11. The summed E-state index contributed by atoms with van der Waals surface area (Å²) in [5.41, 5.74) is 2.14. The fraction of sp³-hybridized carbons (Fsp3) is 0.462. The third-order valence-electron chi connectivity index (χ3n) is 2.75. The van der Waals surface area contributed by atoms with Crippen molar-refractivity contribution in [3.8, 4) is 0 Å². The number of rotatable bonds is 6. The largest absolute Gasteiger partial charge is 0.309 e. The molecule has 6 heteroatoms. The van der Waals surface area contributed by atoms with E-state index in [1.807, 2.05) is 19.2 Å². The first-order valence-electron chi connectivity index (χ1n) is 6.50. The third-order valence-corrected chi connectivity index (χ3v) is 2.75. The molecule has 19 heavy (non-hydrogen) atoms. The maximum absolute atomic E-state index is 11.8. The zero-order chi connectivity index (χ0) is 13.7. The molecule has 102 valence electrons. The summed E-state index contributed by atoms with van der Waals surface area (Å²) in [6.45, 7) is 4.65. The van der Waals surface area contributed by atoms with Gasteiger partial charge in [0.1, 0.15) is 0 Å². The molecule has 0 aliphatic rings. The number of hydrogen-bond donors (Lipinski definition) is 2. The molecular weight excluding hydrogens is 242 g/mol. The predicted octanol–water partition coefficient (Wildman–Crippen LogP) is 1.90. The number of carbonyl (C=O) groups is 1. The van der Waals surface area contributed by atoms with E-state index in [0.717, 1.165) is 24.1 Å². The molecule has 2 aromatic rings. The minimum atomic E-state index is -0.0531. The number of aryl methyl sites for hydroxylation is 3. The van der Waals surface area contributed by atoms with Crippen LogP contribution in [0.25, 0.3) is 0 Å². The Balaban J connectivity index is 1.80. The van der Waals surface area contributed by atoms with Crippen molar-refractivity contribution in [3.05, 3.63) is 29.7 Å². The van der Waals surface area contributed by atoms with E-state index >= 15 is 0 Å². The number of H-pyrrole nitrogens is 1. The Morgan fingerprint density at radius 3 is 3.05 bits per heavy atom. The molecule has 2 rings (SSSR count). The van der Waals surface area contributed by atoms with Crippen LogP contribution >= 0.6 is 0 Å². The minimum Gasteiger partial charge on any atom is -0.309 e. The second-order valence-electron chi connectivity index (χ2n) is 4.61.